The maximum absolute atomic E-state index is 5.95. The summed E-state index contributed by atoms with van der Waals surface area (Å²) in [6.07, 6.45) is 0.896. The second-order valence-electron chi connectivity index (χ2n) is 6.71. The van der Waals surface area contributed by atoms with Crippen molar-refractivity contribution in [3.05, 3.63) is 89.5 Å². The van der Waals surface area contributed by atoms with Crippen LogP contribution in [0.4, 0.5) is 5.69 Å². The Labute approximate surface area is 148 Å². The maximum Gasteiger partial charge on any atom is 0.127 e. The van der Waals surface area contributed by atoms with Gasteiger partial charge in [-0.25, -0.2) is 0 Å². The fraction of sp³-hybridized carbons (Fsp3) is 0.174. The van der Waals surface area contributed by atoms with Crippen molar-refractivity contribution in [3.63, 3.8) is 0 Å². The van der Waals surface area contributed by atoms with Gasteiger partial charge in [0.15, 0.2) is 0 Å². The Bertz CT molecular complexity index is 906. The molecule has 0 radical (unpaired) electrons. The number of rotatable bonds is 4. The number of fused-ring (bicyclic) bond motifs is 1. The van der Waals surface area contributed by atoms with E-state index in [1.54, 1.807) is 0 Å². The molecule has 2 heteroatoms. The molecule has 1 aliphatic heterocycles. The molecule has 0 aromatic heterocycles. The molecule has 1 aliphatic rings. The Kier molecular flexibility index (Phi) is 4.10. The summed E-state index contributed by atoms with van der Waals surface area (Å²) in [5, 5.41) is 0. The van der Waals surface area contributed by atoms with Crippen LogP contribution in [0.25, 0.3) is 0 Å². The summed E-state index contributed by atoms with van der Waals surface area (Å²) < 4.78 is 5.95. The van der Waals surface area contributed by atoms with Gasteiger partial charge in [0.2, 0.25) is 0 Å². The summed E-state index contributed by atoms with van der Waals surface area (Å²) in [6.45, 7) is 4.39. The summed E-state index contributed by atoms with van der Waals surface area (Å²) in [6, 6.07) is 24.8. The molecule has 0 aliphatic carbocycles. The minimum Gasteiger partial charge on any atom is -0.457 e. The molecule has 0 saturated carbocycles. The van der Waals surface area contributed by atoms with Crippen molar-refractivity contribution in [2.24, 2.45) is 4.99 Å². The zero-order chi connectivity index (χ0) is 17.2. The second kappa shape index (κ2) is 6.56. The van der Waals surface area contributed by atoms with Gasteiger partial charge in [-0.2, -0.15) is 0 Å². The molecular formula is C23H21NO. The summed E-state index contributed by atoms with van der Waals surface area (Å²) in [4.78, 5) is 4.74. The highest BCUT2D eigenvalue weighted by atomic mass is 16.5. The van der Waals surface area contributed by atoms with Crippen molar-refractivity contribution in [1.29, 1.82) is 0 Å². The molecule has 4 rings (SSSR count). The minimum atomic E-state index is 0.532. The van der Waals surface area contributed by atoms with E-state index in [0.717, 1.165) is 34.9 Å². The number of aliphatic imine (C=N–C) groups is 1. The number of hydrogen-bond donors (Lipinski definition) is 0. The highest BCUT2D eigenvalue weighted by molar-refractivity contribution is 6.06. The SMILES string of the molecule is CC(C)c1ccc(Oc2ccc(C3=Nc4ccccc4C3)cc2)cc1. The first-order chi connectivity index (χ1) is 12.2. The number of nitrogens with zero attached hydrogens (tertiary/aromatic N) is 1. The third-order valence-electron chi connectivity index (χ3n) is 4.57. The lowest BCUT2D eigenvalue weighted by Gasteiger charge is -2.09. The third-order valence-corrected chi connectivity index (χ3v) is 4.57. The van der Waals surface area contributed by atoms with Crippen molar-refractivity contribution in [1.82, 2.24) is 0 Å². The maximum atomic E-state index is 5.95. The molecule has 0 N–H and O–H groups in total. The van der Waals surface area contributed by atoms with E-state index in [2.05, 4.69) is 56.3 Å². The van der Waals surface area contributed by atoms with Crippen LogP contribution in [0, 0.1) is 0 Å². The van der Waals surface area contributed by atoms with Gasteiger partial charge in [-0.05, 0) is 65.1 Å². The Morgan fingerprint density at radius 3 is 2.08 bits per heavy atom. The molecule has 0 fully saturated rings. The van der Waals surface area contributed by atoms with E-state index in [1.807, 2.05) is 30.3 Å². The summed E-state index contributed by atoms with van der Waals surface area (Å²) >= 11 is 0. The van der Waals surface area contributed by atoms with Crippen LogP contribution in [0.5, 0.6) is 11.5 Å². The van der Waals surface area contributed by atoms with E-state index in [0.29, 0.717) is 5.92 Å². The van der Waals surface area contributed by atoms with E-state index in [1.165, 1.54) is 11.1 Å². The van der Waals surface area contributed by atoms with E-state index in [4.69, 9.17) is 9.73 Å². The van der Waals surface area contributed by atoms with Crippen LogP contribution in [0.15, 0.2) is 77.8 Å². The predicted octanol–water partition coefficient (Wildman–Crippen LogP) is 6.28. The highest BCUT2D eigenvalue weighted by Crippen LogP contribution is 2.29. The van der Waals surface area contributed by atoms with Crippen molar-refractivity contribution >= 4 is 11.4 Å². The standard InChI is InChI=1S/C23H21NO/c1-16(2)17-7-11-20(12-8-17)25-21-13-9-18(10-14-21)23-15-19-5-3-4-6-22(19)24-23/h3-14,16H,15H2,1-2H3. The number of benzene rings is 3. The monoisotopic (exact) mass is 327 g/mol. The van der Waals surface area contributed by atoms with Crippen molar-refractivity contribution < 1.29 is 4.74 Å². The number of hydrogen-bond acceptors (Lipinski definition) is 2. The van der Waals surface area contributed by atoms with Crippen LogP contribution < -0.4 is 4.74 Å². The number of ether oxygens (including phenoxy) is 1. The zero-order valence-electron chi connectivity index (χ0n) is 14.6. The lowest BCUT2D eigenvalue weighted by molar-refractivity contribution is 0.482. The van der Waals surface area contributed by atoms with Gasteiger partial charge >= 0.3 is 0 Å². The van der Waals surface area contributed by atoms with Crippen LogP contribution in [-0.4, -0.2) is 5.71 Å². The molecule has 0 unspecified atom stereocenters. The first kappa shape index (κ1) is 15.6. The largest absolute Gasteiger partial charge is 0.457 e. The highest BCUT2D eigenvalue weighted by Gasteiger charge is 2.15. The Morgan fingerprint density at radius 1 is 0.800 bits per heavy atom. The van der Waals surface area contributed by atoms with Gasteiger partial charge in [-0.1, -0.05) is 44.2 Å². The van der Waals surface area contributed by atoms with Crippen LogP contribution >= 0.6 is 0 Å². The van der Waals surface area contributed by atoms with E-state index < -0.39 is 0 Å². The van der Waals surface area contributed by atoms with Crippen LogP contribution in [0.3, 0.4) is 0 Å². The quantitative estimate of drug-likeness (QED) is 0.552. The molecule has 3 aromatic carbocycles. The summed E-state index contributed by atoms with van der Waals surface area (Å²) in [5.41, 5.74) is 5.97. The van der Waals surface area contributed by atoms with Gasteiger partial charge in [0, 0.05) is 6.42 Å². The van der Waals surface area contributed by atoms with Crippen LogP contribution in [0.1, 0.15) is 36.5 Å². The Morgan fingerprint density at radius 2 is 1.44 bits per heavy atom. The topological polar surface area (TPSA) is 21.6 Å². The van der Waals surface area contributed by atoms with Crippen LogP contribution in [0.2, 0.25) is 0 Å². The molecule has 3 aromatic rings. The zero-order valence-corrected chi connectivity index (χ0v) is 14.6. The Hall–Kier alpha value is -2.87. The van der Waals surface area contributed by atoms with Gasteiger partial charge in [-0.15, -0.1) is 0 Å². The molecule has 1 heterocycles. The summed E-state index contributed by atoms with van der Waals surface area (Å²) in [5.74, 6) is 2.24. The van der Waals surface area contributed by atoms with Gasteiger partial charge in [0.05, 0.1) is 11.4 Å². The Balaban J connectivity index is 1.48. The first-order valence-corrected chi connectivity index (χ1v) is 8.73. The molecule has 25 heavy (non-hydrogen) atoms. The van der Waals surface area contributed by atoms with Gasteiger partial charge in [0.1, 0.15) is 11.5 Å². The van der Waals surface area contributed by atoms with Gasteiger partial charge in [-0.3, -0.25) is 4.99 Å². The van der Waals surface area contributed by atoms with Gasteiger partial charge < -0.3 is 4.74 Å². The smallest absolute Gasteiger partial charge is 0.127 e. The average Bonchev–Trinajstić information content (AvgIpc) is 3.07. The van der Waals surface area contributed by atoms with Crippen LogP contribution in [-0.2, 0) is 6.42 Å². The molecule has 0 saturated heterocycles. The number of para-hydroxylation sites is 1. The van der Waals surface area contributed by atoms with Crippen molar-refractivity contribution in [3.8, 4) is 11.5 Å². The molecular weight excluding hydrogens is 306 g/mol. The van der Waals surface area contributed by atoms with Crippen molar-refractivity contribution in [2.45, 2.75) is 26.2 Å². The normalized spacial score (nSPS) is 12.8. The molecule has 0 bridgehead atoms. The lowest BCUT2D eigenvalue weighted by Crippen LogP contribution is -1.99. The van der Waals surface area contributed by atoms with Crippen molar-refractivity contribution in [2.75, 3.05) is 0 Å². The average molecular weight is 327 g/mol. The molecule has 0 amide bonds. The fourth-order valence-electron chi connectivity index (χ4n) is 3.07. The first-order valence-electron chi connectivity index (χ1n) is 8.73. The second-order valence-corrected chi connectivity index (χ2v) is 6.71. The predicted molar refractivity (Wildman–Crippen MR) is 103 cm³/mol. The molecule has 2 nitrogen and oxygen atoms in total. The van der Waals surface area contributed by atoms with E-state index in [9.17, 15) is 0 Å². The van der Waals surface area contributed by atoms with E-state index in [-0.39, 0.29) is 0 Å². The molecule has 0 atom stereocenters. The molecule has 0 spiro atoms. The van der Waals surface area contributed by atoms with E-state index >= 15 is 0 Å². The van der Waals surface area contributed by atoms with Gasteiger partial charge in [0.25, 0.3) is 0 Å². The minimum absolute atomic E-state index is 0.532. The third kappa shape index (κ3) is 3.34. The lowest BCUT2D eigenvalue weighted by atomic mass is 10.0. The fourth-order valence-corrected chi connectivity index (χ4v) is 3.07. The summed E-state index contributed by atoms with van der Waals surface area (Å²) in [7, 11) is 0. The molecule has 124 valence electrons.